The molecule has 0 radical (unpaired) electrons. The predicted octanol–water partition coefficient (Wildman–Crippen LogP) is 3.22. The summed E-state index contributed by atoms with van der Waals surface area (Å²) in [6.45, 7) is 0.711. The smallest absolute Gasteiger partial charge is 0.141 e. The molecule has 1 N–H and O–H groups in total. The van der Waals surface area contributed by atoms with Crippen molar-refractivity contribution in [1.82, 2.24) is 0 Å². The fourth-order valence-electron chi connectivity index (χ4n) is 1.47. The number of hydrogen-bond donors (Lipinski definition) is 1. The summed E-state index contributed by atoms with van der Waals surface area (Å²) < 4.78 is 5.53. The molecular formula is C11H13ClO2. The standard InChI is InChI=1S/C11H13ClO2/c12-10-5-4-9(13)6-11(10)14-7-8-2-1-3-8/h4-6,8,13H,1-3,7H2. The van der Waals surface area contributed by atoms with Gasteiger partial charge in [-0.3, -0.25) is 0 Å². The Kier molecular flexibility index (Phi) is 2.82. The summed E-state index contributed by atoms with van der Waals surface area (Å²) in [7, 11) is 0. The van der Waals surface area contributed by atoms with Crippen LogP contribution in [-0.2, 0) is 0 Å². The minimum atomic E-state index is 0.193. The Morgan fingerprint density at radius 1 is 1.43 bits per heavy atom. The zero-order chi connectivity index (χ0) is 9.97. The van der Waals surface area contributed by atoms with Gasteiger partial charge in [-0.1, -0.05) is 18.0 Å². The van der Waals surface area contributed by atoms with E-state index in [-0.39, 0.29) is 5.75 Å². The van der Waals surface area contributed by atoms with Crippen molar-refractivity contribution in [2.45, 2.75) is 19.3 Å². The monoisotopic (exact) mass is 212 g/mol. The molecule has 0 amide bonds. The molecule has 0 saturated heterocycles. The summed E-state index contributed by atoms with van der Waals surface area (Å²) in [4.78, 5) is 0. The van der Waals surface area contributed by atoms with Gasteiger partial charge in [-0.2, -0.15) is 0 Å². The van der Waals surface area contributed by atoms with Crippen molar-refractivity contribution in [1.29, 1.82) is 0 Å². The van der Waals surface area contributed by atoms with Crippen LogP contribution >= 0.6 is 11.6 Å². The Morgan fingerprint density at radius 3 is 2.86 bits per heavy atom. The van der Waals surface area contributed by atoms with Crippen molar-refractivity contribution in [3.8, 4) is 11.5 Å². The third-order valence-electron chi connectivity index (χ3n) is 2.61. The maximum Gasteiger partial charge on any atom is 0.141 e. The first-order valence-corrected chi connectivity index (χ1v) is 5.25. The third-order valence-corrected chi connectivity index (χ3v) is 2.93. The Bertz CT molecular complexity index is 321. The minimum Gasteiger partial charge on any atom is -0.508 e. The number of rotatable bonds is 3. The van der Waals surface area contributed by atoms with Crippen molar-refractivity contribution in [3.05, 3.63) is 23.2 Å². The van der Waals surface area contributed by atoms with Gasteiger partial charge in [0.25, 0.3) is 0 Å². The van der Waals surface area contributed by atoms with Gasteiger partial charge in [-0.15, -0.1) is 0 Å². The lowest BCUT2D eigenvalue weighted by Gasteiger charge is -2.25. The Labute approximate surface area is 88.5 Å². The molecule has 14 heavy (non-hydrogen) atoms. The largest absolute Gasteiger partial charge is 0.508 e. The lowest BCUT2D eigenvalue weighted by Crippen LogP contribution is -2.19. The van der Waals surface area contributed by atoms with E-state index in [1.165, 1.54) is 19.3 Å². The highest BCUT2D eigenvalue weighted by Gasteiger charge is 2.18. The normalized spacial score (nSPS) is 16.4. The van der Waals surface area contributed by atoms with Crippen LogP contribution in [0.3, 0.4) is 0 Å². The molecule has 2 nitrogen and oxygen atoms in total. The number of phenols is 1. The third kappa shape index (κ3) is 2.13. The van der Waals surface area contributed by atoms with Gasteiger partial charge in [0.15, 0.2) is 0 Å². The Morgan fingerprint density at radius 2 is 2.21 bits per heavy atom. The molecule has 0 bridgehead atoms. The van der Waals surface area contributed by atoms with E-state index in [4.69, 9.17) is 16.3 Å². The number of aromatic hydroxyl groups is 1. The fraction of sp³-hybridized carbons (Fsp3) is 0.455. The van der Waals surface area contributed by atoms with Crippen LogP contribution in [0, 0.1) is 5.92 Å². The summed E-state index contributed by atoms with van der Waals surface area (Å²) in [6.07, 6.45) is 3.80. The summed E-state index contributed by atoms with van der Waals surface area (Å²) >= 11 is 5.90. The Balaban J connectivity index is 1.96. The lowest BCUT2D eigenvalue weighted by molar-refractivity contribution is 0.180. The summed E-state index contributed by atoms with van der Waals surface area (Å²) in [5.41, 5.74) is 0. The zero-order valence-electron chi connectivity index (χ0n) is 7.87. The van der Waals surface area contributed by atoms with E-state index in [9.17, 15) is 5.11 Å². The first-order valence-electron chi connectivity index (χ1n) is 4.87. The van der Waals surface area contributed by atoms with Crippen molar-refractivity contribution in [2.75, 3.05) is 6.61 Å². The van der Waals surface area contributed by atoms with Crippen LogP contribution in [0.25, 0.3) is 0 Å². The van der Waals surface area contributed by atoms with E-state index in [0.717, 1.165) is 0 Å². The number of ether oxygens (including phenoxy) is 1. The van der Waals surface area contributed by atoms with Gasteiger partial charge in [0, 0.05) is 6.07 Å². The van der Waals surface area contributed by atoms with Crippen LogP contribution in [0.5, 0.6) is 11.5 Å². The van der Waals surface area contributed by atoms with Gasteiger partial charge in [-0.25, -0.2) is 0 Å². The highest BCUT2D eigenvalue weighted by molar-refractivity contribution is 6.32. The molecule has 1 aromatic rings. The zero-order valence-corrected chi connectivity index (χ0v) is 8.63. The van der Waals surface area contributed by atoms with Crippen LogP contribution in [0.1, 0.15) is 19.3 Å². The molecule has 1 saturated carbocycles. The highest BCUT2D eigenvalue weighted by Crippen LogP contribution is 2.31. The van der Waals surface area contributed by atoms with E-state index in [2.05, 4.69) is 0 Å². The van der Waals surface area contributed by atoms with Gasteiger partial charge in [0.1, 0.15) is 11.5 Å². The summed E-state index contributed by atoms with van der Waals surface area (Å²) in [6, 6.07) is 4.76. The molecule has 2 rings (SSSR count). The van der Waals surface area contributed by atoms with Gasteiger partial charge in [-0.05, 0) is 30.9 Å². The first kappa shape index (κ1) is 9.66. The molecule has 0 unspecified atom stereocenters. The SMILES string of the molecule is Oc1ccc(Cl)c(OCC2CCC2)c1. The number of halogens is 1. The second-order valence-corrected chi connectivity index (χ2v) is 4.13. The van der Waals surface area contributed by atoms with Crippen LogP contribution in [-0.4, -0.2) is 11.7 Å². The minimum absolute atomic E-state index is 0.193. The molecule has 76 valence electrons. The maximum atomic E-state index is 9.24. The van der Waals surface area contributed by atoms with Gasteiger partial charge < -0.3 is 9.84 Å². The molecule has 1 aliphatic rings. The van der Waals surface area contributed by atoms with Gasteiger partial charge in [0.2, 0.25) is 0 Å². The van der Waals surface area contributed by atoms with Gasteiger partial charge >= 0.3 is 0 Å². The van der Waals surface area contributed by atoms with Crippen LogP contribution in [0.4, 0.5) is 0 Å². The van der Waals surface area contributed by atoms with E-state index in [1.54, 1.807) is 18.2 Å². The molecule has 0 aromatic heterocycles. The number of benzene rings is 1. The van der Waals surface area contributed by atoms with Crippen molar-refractivity contribution >= 4 is 11.6 Å². The van der Waals surface area contributed by atoms with E-state index < -0.39 is 0 Å². The second-order valence-electron chi connectivity index (χ2n) is 3.72. The van der Waals surface area contributed by atoms with E-state index in [0.29, 0.717) is 23.3 Å². The topological polar surface area (TPSA) is 29.5 Å². The quantitative estimate of drug-likeness (QED) is 0.834. The molecular weight excluding hydrogens is 200 g/mol. The molecule has 0 heterocycles. The van der Waals surface area contributed by atoms with Gasteiger partial charge in [0.05, 0.1) is 11.6 Å². The van der Waals surface area contributed by atoms with E-state index in [1.807, 2.05) is 0 Å². The number of phenolic OH excluding ortho intramolecular Hbond substituents is 1. The average molecular weight is 213 g/mol. The predicted molar refractivity (Wildman–Crippen MR) is 56.0 cm³/mol. The number of hydrogen-bond acceptors (Lipinski definition) is 2. The van der Waals surface area contributed by atoms with Crippen LogP contribution < -0.4 is 4.74 Å². The molecule has 0 spiro atoms. The van der Waals surface area contributed by atoms with Crippen molar-refractivity contribution in [2.24, 2.45) is 5.92 Å². The van der Waals surface area contributed by atoms with Crippen LogP contribution in [0.2, 0.25) is 5.02 Å². The van der Waals surface area contributed by atoms with E-state index >= 15 is 0 Å². The highest BCUT2D eigenvalue weighted by atomic mass is 35.5. The Hall–Kier alpha value is -0.890. The van der Waals surface area contributed by atoms with Crippen LogP contribution in [0.15, 0.2) is 18.2 Å². The van der Waals surface area contributed by atoms with Crippen molar-refractivity contribution < 1.29 is 9.84 Å². The molecule has 0 atom stereocenters. The molecule has 0 aliphatic heterocycles. The first-order chi connectivity index (χ1) is 6.75. The summed E-state index contributed by atoms with van der Waals surface area (Å²) in [5.74, 6) is 1.45. The summed E-state index contributed by atoms with van der Waals surface area (Å²) in [5, 5.41) is 9.79. The molecule has 3 heteroatoms. The molecule has 1 fully saturated rings. The fourth-order valence-corrected chi connectivity index (χ4v) is 1.64. The maximum absolute atomic E-state index is 9.24. The average Bonchev–Trinajstić information content (AvgIpc) is 2.08. The van der Waals surface area contributed by atoms with Crippen molar-refractivity contribution in [3.63, 3.8) is 0 Å². The molecule has 1 aromatic carbocycles. The lowest BCUT2D eigenvalue weighted by atomic mass is 9.86. The second kappa shape index (κ2) is 4.09. The molecule has 1 aliphatic carbocycles.